The van der Waals surface area contributed by atoms with E-state index in [1.165, 1.54) is 12.1 Å². The van der Waals surface area contributed by atoms with Crippen LogP contribution in [-0.4, -0.2) is 17.0 Å². The first-order chi connectivity index (χ1) is 7.95. The van der Waals surface area contributed by atoms with E-state index in [0.717, 1.165) is 0 Å². The van der Waals surface area contributed by atoms with Crippen LogP contribution in [0.15, 0.2) is 12.1 Å². The third kappa shape index (κ3) is 3.61. The Morgan fingerprint density at radius 1 is 1.35 bits per heavy atom. The van der Waals surface area contributed by atoms with E-state index in [2.05, 4.69) is 5.32 Å². The molecule has 1 rings (SSSR count). The molecule has 6 heteroatoms. The van der Waals surface area contributed by atoms with Gasteiger partial charge in [0.15, 0.2) is 0 Å². The minimum Gasteiger partial charge on any atom is -0.478 e. The number of amides is 1. The summed E-state index contributed by atoms with van der Waals surface area (Å²) >= 11 is 11.7. The lowest BCUT2D eigenvalue weighted by Crippen LogP contribution is -2.12. The van der Waals surface area contributed by atoms with E-state index >= 15 is 0 Å². The highest BCUT2D eigenvalue weighted by atomic mass is 35.5. The zero-order chi connectivity index (χ0) is 13.0. The topological polar surface area (TPSA) is 66.4 Å². The van der Waals surface area contributed by atoms with Crippen LogP contribution in [0.4, 0.5) is 5.69 Å². The minimum atomic E-state index is -1.13. The summed E-state index contributed by atoms with van der Waals surface area (Å²) in [7, 11) is 0. The molecule has 0 radical (unpaired) electrons. The van der Waals surface area contributed by atoms with Gasteiger partial charge in [-0.3, -0.25) is 4.79 Å². The van der Waals surface area contributed by atoms with Crippen molar-refractivity contribution in [1.29, 1.82) is 0 Å². The van der Waals surface area contributed by atoms with E-state index in [0.29, 0.717) is 12.8 Å². The number of aromatic carboxylic acids is 1. The first-order valence-electron chi connectivity index (χ1n) is 4.98. The molecular formula is C11H11Cl2NO3. The molecule has 0 aliphatic rings. The predicted molar refractivity (Wildman–Crippen MR) is 67.0 cm³/mol. The van der Waals surface area contributed by atoms with Crippen LogP contribution < -0.4 is 5.32 Å². The number of hydrogen-bond acceptors (Lipinski definition) is 2. The van der Waals surface area contributed by atoms with E-state index in [1.807, 2.05) is 6.92 Å². The highest BCUT2D eigenvalue weighted by Gasteiger charge is 2.13. The maximum absolute atomic E-state index is 11.4. The zero-order valence-corrected chi connectivity index (χ0v) is 10.6. The molecule has 1 aromatic rings. The van der Waals surface area contributed by atoms with Crippen molar-refractivity contribution in [2.45, 2.75) is 19.8 Å². The number of carbonyl (C=O) groups excluding carboxylic acids is 1. The summed E-state index contributed by atoms with van der Waals surface area (Å²) in [6.45, 7) is 1.86. The second-order valence-corrected chi connectivity index (χ2v) is 4.21. The number of anilines is 1. The monoisotopic (exact) mass is 275 g/mol. The van der Waals surface area contributed by atoms with Crippen LogP contribution in [0.1, 0.15) is 30.1 Å². The lowest BCUT2D eigenvalue weighted by molar-refractivity contribution is -0.116. The van der Waals surface area contributed by atoms with Crippen LogP contribution in [-0.2, 0) is 4.79 Å². The Balaban J connectivity index is 3.05. The van der Waals surface area contributed by atoms with Gasteiger partial charge in [0, 0.05) is 6.42 Å². The molecule has 2 N–H and O–H groups in total. The predicted octanol–water partition coefficient (Wildman–Crippen LogP) is 3.43. The van der Waals surface area contributed by atoms with Gasteiger partial charge in [-0.1, -0.05) is 30.1 Å². The number of rotatable bonds is 4. The van der Waals surface area contributed by atoms with E-state index in [4.69, 9.17) is 28.3 Å². The van der Waals surface area contributed by atoms with Crippen LogP contribution >= 0.6 is 23.2 Å². The molecule has 4 nitrogen and oxygen atoms in total. The Morgan fingerprint density at radius 3 is 2.53 bits per heavy atom. The summed E-state index contributed by atoms with van der Waals surface area (Å²) in [6, 6.07) is 2.52. The maximum Gasteiger partial charge on any atom is 0.335 e. The highest BCUT2D eigenvalue weighted by molar-refractivity contribution is 6.44. The average molecular weight is 276 g/mol. The molecule has 0 saturated carbocycles. The smallest absolute Gasteiger partial charge is 0.335 e. The summed E-state index contributed by atoms with van der Waals surface area (Å²) < 4.78 is 0. The van der Waals surface area contributed by atoms with Gasteiger partial charge in [0.1, 0.15) is 0 Å². The molecule has 0 spiro atoms. The van der Waals surface area contributed by atoms with Crippen LogP contribution in [0.5, 0.6) is 0 Å². The molecule has 0 bridgehead atoms. The number of carboxylic acids is 1. The van der Waals surface area contributed by atoms with Crippen LogP contribution in [0.3, 0.4) is 0 Å². The van der Waals surface area contributed by atoms with E-state index in [9.17, 15) is 9.59 Å². The fourth-order valence-corrected chi connectivity index (χ4v) is 1.62. The first kappa shape index (κ1) is 13.8. The summed E-state index contributed by atoms with van der Waals surface area (Å²) in [5.74, 6) is -1.36. The van der Waals surface area contributed by atoms with Crippen LogP contribution in [0.25, 0.3) is 0 Å². The summed E-state index contributed by atoms with van der Waals surface area (Å²) in [5, 5.41) is 11.6. The second-order valence-electron chi connectivity index (χ2n) is 3.42. The third-order valence-electron chi connectivity index (χ3n) is 2.03. The number of nitrogens with one attached hydrogen (secondary N) is 1. The molecule has 92 valence electrons. The maximum atomic E-state index is 11.4. The largest absolute Gasteiger partial charge is 0.478 e. The van der Waals surface area contributed by atoms with Crippen molar-refractivity contribution in [2.75, 3.05) is 5.32 Å². The molecule has 0 heterocycles. The van der Waals surface area contributed by atoms with Crippen molar-refractivity contribution < 1.29 is 14.7 Å². The molecule has 0 atom stereocenters. The zero-order valence-electron chi connectivity index (χ0n) is 9.09. The molecule has 0 saturated heterocycles. The fourth-order valence-electron chi connectivity index (χ4n) is 1.24. The molecule has 0 aliphatic heterocycles. The molecule has 0 fully saturated rings. The quantitative estimate of drug-likeness (QED) is 0.885. The van der Waals surface area contributed by atoms with Crippen molar-refractivity contribution in [2.24, 2.45) is 0 Å². The van der Waals surface area contributed by atoms with Crippen LogP contribution in [0.2, 0.25) is 10.0 Å². The molecule has 1 aromatic carbocycles. The van der Waals surface area contributed by atoms with Gasteiger partial charge in [0.25, 0.3) is 0 Å². The number of halogens is 2. The second kappa shape index (κ2) is 5.89. The normalized spacial score (nSPS) is 10.1. The number of carboxylic acid groups (broad SMARTS) is 1. The summed E-state index contributed by atoms with van der Waals surface area (Å²) in [4.78, 5) is 22.2. The Morgan fingerprint density at radius 2 is 2.00 bits per heavy atom. The molecule has 1 amide bonds. The van der Waals surface area contributed by atoms with Gasteiger partial charge in [-0.15, -0.1) is 0 Å². The number of hydrogen-bond donors (Lipinski definition) is 2. The summed E-state index contributed by atoms with van der Waals surface area (Å²) in [5.41, 5.74) is 0.196. The molecule has 17 heavy (non-hydrogen) atoms. The van der Waals surface area contributed by atoms with Crippen molar-refractivity contribution in [1.82, 2.24) is 0 Å². The van der Waals surface area contributed by atoms with Gasteiger partial charge in [0.2, 0.25) is 5.91 Å². The van der Waals surface area contributed by atoms with Gasteiger partial charge in [-0.25, -0.2) is 4.79 Å². The Bertz CT molecular complexity index is 460. The molecular weight excluding hydrogens is 265 g/mol. The Labute approximate surface area is 109 Å². The average Bonchev–Trinajstić information content (AvgIpc) is 2.24. The van der Waals surface area contributed by atoms with Gasteiger partial charge >= 0.3 is 5.97 Å². The first-order valence-corrected chi connectivity index (χ1v) is 5.73. The molecule has 0 aromatic heterocycles. The number of benzene rings is 1. The van der Waals surface area contributed by atoms with Crippen LogP contribution in [0, 0.1) is 0 Å². The van der Waals surface area contributed by atoms with E-state index in [-0.39, 0.29) is 27.2 Å². The summed E-state index contributed by atoms with van der Waals surface area (Å²) in [6.07, 6.45) is 1.03. The van der Waals surface area contributed by atoms with Crippen molar-refractivity contribution in [3.8, 4) is 0 Å². The SMILES string of the molecule is CCCC(=O)Nc1cc(C(=O)O)cc(Cl)c1Cl. The fraction of sp³-hybridized carbons (Fsp3) is 0.273. The van der Waals surface area contributed by atoms with Gasteiger partial charge in [0.05, 0.1) is 21.3 Å². The van der Waals surface area contributed by atoms with Crippen molar-refractivity contribution >= 4 is 40.8 Å². The van der Waals surface area contributed by atoms with Gasteiger partial charge in [-0.2, -0.15) is 0 Å². The van der Waals surface area contributed by atoms with Gasteiger partial charge in [-0.05, 0) is 18.6 Å². The van der Waals surface area contributed by atoms with E-state index in [1.54, 1.807) is 0 Å². The van der Waals surface area contributed by atoms with Crippen molar-refractivity contribution in [3.63, 3.8) is 0 Å². The minimum absolute atomic E-state index is 0.0220. The lowest BCUT2D eigenvalue weighted by Gasteiger charge is -2.09. The number of carbonyl (C=O) groups is 2. The Kier molecular flexibility index (Phi) is 4.78. The highest BCUT2D eigenvalue weighted by Crippen LogP contribution is 2.31. The third-order valence-corrected chi connectivity index (χ3v) is 2.83. The molecule has 0 aliphatic carbocycles. The molecule has 0 unspecified atom stereocenters. The lowest BCUT2D eigenvalue weighted by atomic mass is 10.2. The Hall–Kier alpha value is -1.26. The van der Waals surface area contributed by atoms with E-state index < -0.39 is 5.97 Å². The van der Waals surface area contributed by atoms with Gasteiger partial charge < -0.3 is 10.4 Å². The standard InChI is InChI=1S/C11H11Cl2NO3/c1-2-3-9(15)14-8-5-6(11(16)17)4-7(12)10(8)13/h4-5H,2-3H2,1H3,(H,14,15)(H,16,17). The van der Waals surface area contributed by atoms with Crippen molar-refractivity contribution in [3.05, 3.63) is 27.7 Å².